The van der Waals surface area contributed by atoms with Gasteiger partial charge in [-0.25, -0.2) is 0 Å². The van der Waals surface area contributed by atoms with Gasteiger partial charge < -0.3 is 14.2 Å². The molecule has 3 rings (SSSR count). The number of methoxy groups -OCH3 is 1. The lowest BCUT2D eigenvalue weighted by Crippen LogP contribution is -2.51. The normalized spacial score (nSPS) is 33.9. The first kappa shape index (κ1) is 23.6. The highest BCUT2D eigenvalue weighted by Crippen LogP contribution is 2.52. The molecule has 170 valence electrons. The first-order valence-electron chi connectivity index (χ1n) is 11.4. The lowest BCUT2D eigenvalue weighted by molar-refractivity contribution is -0.316. The molecule has 1 heterocycles. The summed E-state index contributed by atoms with van der Waals surface area (Å²) in [4.78, 5) is 37.9. The quantitative estimate of drug-likeness (QED) is 0.593. The molecule has 3 aliphatic rings. The van der Waals surface area contributed by atoms with Crippen LogP contribution in [-0.2, 0) is 28.6 Å². The number of carbonyl (C=O) groups is 3. The minimum absolute atomic E-state index is 0.0478. The van der Waals surface area contributed by atoms with Crippen molar-refractivity contribution in [2.75, 3.05) is 26.9 Å². The van der Waals surface area contributed by atoms with Crippen LogP contribution >= 0.6 is 0 Å². The van der Waals surface area contributed by atoms with Crippen molar-refractivity contribution in [1.29, 1.82) is 0 Å². The van der Waals surface area contributed by atoms with E-state index in [0.29, 0.717) is 64.1 Å². The fourth-order valence-corrected chi connectivity index (χ4v) is 5.51. The van der Waals surface area contributed by atoms with Crippen LogP contribution in [0.25, 0.3) is 0 Å². The van der Waals surface area contributed by atoms with E-state index in [2.05, 4.69) is 13.8 Å². The molecule has 1 saturated heterocycles. The predicted molar refractivity (Wildman–Crippen MR) is 112 cm³/mol. The molecule has 4 atom stereocenters. The Morgan fingerprint density at radius 3 is 2.43 bits per heavy atom. The van der Waals surface area contributed by atoms with Crippen molar-refractivity contribution in [2.45, 2.75) is 78.4 Å². The molecular weight excluding hydrogens is 384 g/mol. The average Bonchev–Trinajstić information content (AvgIpc) is 2.99. The Hall–Kier alpha value is -1.11. The highest BCUT2D eigenvalue weighted by molar-refractivity contribution is 5.92. The van der Waals surface area contributed by atoms with Crippen LogP contribution in [0.5, 0.6) is 0 Å². The Bertz CT molecular complexity index is 673. The molecule has 2 aliphatic carbocycles. The molecular formula is C24H38O6. The van der Waals surface area contributed by atoms with Gasteiger partial charge >= 0.3 is 0 Å². The number of carbonyl (C=O) groups excluding carboxylic acids is 3. The second-order valence-electron chi connectivity index (χ2n) is 10.7. The van der Waals surface area contributed by atoms with E-state index in [1.807, 2.05) is 13.8 Å². The van der Waals surface area contributed by atoms with Gasteiger partial charge in [-0.15, -0.1) is 0 Å². The Balaban J connectivity index is 1.59. The number of hydrogen-bond acceptors (Lipinski definition) is 6. The molecule has 1 aliphatic heterocycles. The molecule has 0 amide bonds. The van der Waals surface area contributed by atoms with E-state index >= 15 is 0 Å². The van der Waals surface area contributed by atoms with Crippen molar-refractivity contribution in [3.05, 3.63) is 0 Å². The van der Waals surface area contributed by atoms with Crippen molar-refractivity contribution < 1.29 is 28.6 Å². The maximum Gasteiger partial charge on any atom is 0.170 e. The number of rotatable bonds is 8. The smallest absolute Gasteiger partial charge is 0.170 e. The third-order valence-corrected chi connectivity index (χ3v) is 7.74. The maximum atomic E-state index is 12.9. The molecule has 6 nitrogen and oxygen atoms in total. The Kier molecular flexibility index (Phi) is 6.90. The molecule has 6 heteroatoms. The van der Waals surface area contributed by atoms with E-state index in [1.54, 1.807) is 7.11 Å². The topological polar surface area (TPSA) is 78.9 Å². The average molecular weight is 423 g/mol. The van der Waals surface area contributed by atoms with Crippen molar-refractivity contribution in [2.24, 2.45) is 28.6 Å². The molecule has 1 unspecified atom stereocenters. The SMILES string of the molecule is COCC(CC(=O)CC[C@@H]1C(=O)CC[C@]2(C)C(=O)CC[C@@H]12)C1(C)OCC(C)(C)CO1. The molecule has 0 bridgehead atoms. The molecule has 0 aromatic rings. The fourth-order valence-electron chi connectivity index (χ4n) is 5.51. The summed E-state index contributed by atoms with van der Waals surface area (Å²) in [6.45, 7) is 9.60. The summed E-state index contributed by atoms with van der Waals surface area (Å²) in [7, 11) is 1.62. The van der Waals surface area contributed by atoms with E-state index in [-0.39, 0.29) is 40.2 Å². The molecule has 0 aromatic heterocycles. The summed E-state index contributed by atoms with van der Waals surface area (Å²) in [5, 5.41) is 0. The van der Waals surface area contributed by atoms with Crippen LogP contribution in [0.2, 0.25) is 0 Å². The highest BCUT2D eigenvalue weighted by Gasteiger charge is 2.53. The van der Waals surface area contributed by atoms with E-state index in [0.717, 1.165) is 6.42 Å². The molecule has 0 N–H and O–H groups in total. The number of ketones is 3. The van der Waals surface area contributed by atoms with Gasteiger partial charge in [-0.3, -0.25) is 14.4 Å². The van der Waals surface area contributed by atoms with Gasteiger partial charge in [0.15, 0.2) is 5.79 Å². The number of ether oxygens (including phenoxy) is 3. The van der Waals surface area contributed by atoms with Crippen LogP contribution in [-0.4, -0.2) is 50.1 Å². The van der Waals surface area contributed by atoms with Crippen molar-refractivity contribution in [3.8, 4) is 0 Å². The van der Waals surface area contributed by atoms with Crippen LogP contribution in [0.15, 0.2) is 0 Å². The standard InChI is InChI=1S/C24H38O6/c1-22(2)14-29-24(4,30-15-22)16(13-28-5)12-17(25)6-7-18-19-8-9-21(27)23(19,3)11-10-20(18)26/h16,18-19H,6-15H2,1-5H3/t16?,18-,19-,23-/m0/s1. The first-order chi connectivity index (χ1) is 14.0. The zero-order chi connectivity index (χ0) is 22.2. The number of fused-ring (bicyclic) bond motifs is 1. The molecule has 3 fully saturated rings. The zero-order valence-corrected chi connectivity index (χ0v) is 19.3. The minimum atomic E-state index is -0.849. The lowest BCUT2D eigenvalue weighted by Gasteiger charge is -2.45. The Labute approximate surface area is 180 Å². The third-order valence-electron chi connectivity index (χ3n) is 7.74. The van der Waals surface area contributed by atoms with Crippen molar-refractivity contribution in [1.82, 2.24) is 0 Å². The van der Waals surface area contributed by atoms with E-state index in [1.165, 1.54) is 0 Å². The van der Waals surface area contributed by atoms with Gasteiger partial charge in [0.1, 0.15) is 17.3 Å². The minimum Gasteiger partial charge on any atom is -0.384 e. The monoisotopic (exact) mass is 422 g/mol. The maximum absolute atomic E-state index is 12.9. The fraction of sp³-hybridized carbons (Fsp3) is 0.875. The van der Waals surface area contributed by atoms with Crippen LogP contribution in [0, 0.1) is 28.6 Å². The van der Waals surface area contributed by atoms with E-state index in [9.17, 15) is 14.4 Å². The third kappa shape index (κ3) is 4.71. The van der Waals surface area contributed by atoms with Gasteiger partial charge in [0.25, 0.3) is 0 Å². The Morgan fingerprint density at radius 2 is 1.80 bits per heavy atom. The lowest BCUT2D eigenvalue weighted by atomic mass is 9.62. The molecule has 30 heavy (non-hydrogen) atoms. The van der Waals surface area contributed by atoms with Gasteiger partial charge in [0, 0.05) is 55.5 Å². The summed E-state index contributed by atoms with van der Waals surface area (Å²) < 4.78 is 17.5. The molecule has 0 spiro atoms. The van der Waals surface area contributed by atoms with Crippen LogP contribution in [0.1, 0.15) is 72.6 Å². The van der Waals surface area contributed by atoms with E-state index < -0.39 is 5.79 Å². The summed E-state index contributed by atoms with van der Waals surface area (Å²) >= 11 is 0. The van der Waals surface area contributed by atoms with E-state index in [4.69, 9.17) is 14.2 Å². The zero-order valence-electron chi connectivity index (χ0n) is 19.3. The van der Waals surface area contributed by atoms with Gasteiger partial charge in [-0.1, -0.05) is 20.8 Å². The summed E-state index contributed by atoms with van der Waals surface area (Å²) in [5.74, 6) is -0.512. The predicted octanol–water partition coefficient (Wildman–Crippen LogP) is 3.74. The van der Waals surface area contributed by atoms with Crippen molar-refractivity contribution >= 4 is 17.3 Å². The summed E-state index contributed by atoms with van der Waals surface area (Å²) in [6, 6.07) is 0. The van der Waals surface area contributed by atoms with Crippen molar-refractivity contribution in [3.63, 3.8) is 0 Å². The van der Waals surface area contributed by atoms with Gasteiger partial charge in [-0.05, 0) is 32.1 Å². The van der Waals surface area contributed by atoms with Gasteiger partial charge in [-0.2, -0.15) is 0 Å². The number of hydrogen-bond donors (Lipinski definition) is 0. The first-order valence-corrected chi connectivity index (χ1v) is 11.4. The van der Waals surface area contributed by atoms with Crippen LogP contribution in [0.3, 0.4) is 0 Å². The highest BCUT2D eigenvalue weighted by atomic mass is 16.7. The molecule has 2 saturated carbocycles. The summed E-state index contributed by atoms with van der Waals surface area (Å²) in [6.07, 6.45) is 3.65. The Morgan fingerprint density at radius 1 is 1.13 bits per heavy atom. The van der Waals surface area contributed by atoms with Gasteiger partial charge in [0.05, 0.1) is 19.8 Å². The van der Waals surface area contributed by atoms with Crippen LogP contribution in [0.4, 0.5) is 0 Å². The molecule has 0 aromatic carbocycles. The number of Topliss-reactive ketones (excluding diaryl/α,β-unsaturated/α-hetero) is 3. The second-order valence-corrected chi connectivity index (χ2v) is 10.7. The largest absolute Gasteiger partial charge is 0.384 e. The second kappa shape index (κ2) is 8.79. The summed E-state index contributed by atoms with van der Waals surface area (Å²) in [5.41, 5.74) is -0.419. The van der Waals surface area contributed by atoms with Gasteiger partial charge in [0.2, 0.25) is 0 Å². The molecule has 0 radical (unpaired) electrons. The van der Waals surface area contributed by atoms with Crippen LogP contribution < -0.4 is 0 Å².